The third-order valence-electron chi connectivity index (χ3n) is 6.24. The van der Waals surface area contributed by atoms with Crippen molar-refractivity contribution in [2.24, 2.45) is 11.8 Å². The molecule has 1 aliphatic heterocycles. The standard InChI is InChI=1S/C22H30ClF3N4O/c23-18-8-6-16(7-9-18)21(27)19(30-10-2-5-20(30)31)13-29-14-28-12-15-3-1-4-17(11-15)22(24,25)26/h6-9,15,17,19,27-29H,1-5,10-14H2. The number of nitrogens with one attached hydrogen (secondary N) is 3. The number of rotatable bonds is 9. The van der Waals surface area contributed by atoms with Gasteiger partial charge in [-0.05, 0) is 55.8 Å². The minimum atomic E-state index is -4.10. The molecule has 3 atom stereocenters. The monoisotopic (exact) mass is 458 g/mol. The Morgan fingerprint density at radius 2 is 1.94 bits per heavy atom. The minimum Gasteiger partial charge on any atom is -0.333 e. The summed E-state index contributed by atoms with van der Waals surface area (Å²) in [5.74, 6) is -1.13. The van der Waals surface area contributed by atoms with Crippen molar-refractivity contribution >= 4 is 23.2 Å². The van der Waals surface area contributed by atoms with Gasteiger partial charge < -0.3 is 20.9 Å². The molecule has 1 aromatic rings. The molecule has 1 aliphatic carbocycles. The first kappa shape index (κ1) is 24.0. The van der Waals surface area contributed by atoms with E-state index in [4.69, 9.17) is 17.0 Å². The molecule has 0 bridgehead atoms. The Hall–Kier alpha value is -1.64. The lowest BCUT2D eigenvalue weighted by atomic mass is 9.81. The lowest BCUT2D eigenvalue weighted by Crippen LogP contribution is -2.49. The fourth-order valence-electron chi connectivity index (χ4n) is 4.54. The first-order chi connectivity index (χ1) is 14.8. The zero-order chi connectivity index (χ0) is 22.4. The van der Waals surface area contributed by atoms with Gasteiger partial charge in [-0.2, -0.15) is 13.2 Å². The van der Waals surface area contributed by atoms with Crippen LogP contribution in [-0.2, 0) is 4.79 Å². The number of halogens is 4. The van der Waals surface area contributed by atoms with Gasteiger partial charge in [0.1, 0.15) is 0 Å². The molecule has 2 aliphatic rings. The Kier molecular flexibility index (Phi) is 8.36. The van der Waals surface area contributed by atoms with Crippen LogP contribution in [0.4, 0.5) is 13.2 Å². The molecule has 9 heteroatoms. The predicted octanol–water partition coefficient (Wildman–Crippen LogP) is 4.20. The summed E-state index contributed by atoms with van der Waals surface area (Å²) in [4.78, 5) is 14.0. The molecule has 1 heterocycles. The number of nitrogens with zero attached hydrogens (tertiary/aromatic N) is 1. The normalized spacial score (nSPS) is 23.2. The van der Waals surface area contributed by atoms with Crippen molar-refractivity contribution in [1.82, 2.24) is 15.5 Å². The first-order valence-corrected chi connectivity index (χ1v) is 11.3. The molecule has 172 valence electrons. The van der Waals surface area contributed by atoms with Crippen LogP contribution in [0.1, 0.15) is 44.1 Å². The quantitative estimate of drug-likeness (QED) is 0.295. The second-order valence-corrected chi connectivity index (χ2v) is 8.92. The minimum absolute atomic E-state index is 0.0190. The van der Waals surface area contributed by atoms with E-state index in [0.29, 0.717) is 55.4 Å². The summed E-state index contributed by atoms with van der Waals surface area (Å²) in [6, 6.07) is 6.60. The number of likely N-dealkylation sites (tertiary alicyclic amines) is 1. The maximum atomic E-state index is 13.0. The third-order valence-corrected chi connectivity index (χ3v) is 6.49. The molecule has 0 spiro atoms. The van der Waals surface area contributed by atoms with Crippen molar-refractivity contribution in [3.63, 3.8) is 0 Å². The maximum Gasteiger partial charge on any atom is 0.391 e. The average molecular weight is 459 g/mol. The van der Waals surface area contributed by atoms with Crippen LogP contribution in [0.2, 0.25) is 5.02 Å². The topological polar surface area (TPSA) is 68.2 Å². The zero-order valence-electron chi connectivity index (χ0n) is 17.5. The fraction of sp³-hybridized carbons (Fsp3) is 0.636. The molecule has 1 aromatic carbocycles. The van der Waals surface area contributed by atoms with Crippen LogP contribution in [0, 0.1) is 17.2 Å². The Morgan fingerprint density at radius 1 is 1.19 bits per heavy atom. The molecule has 1 saturated carbocycles. The highest BCUT2D eigenvalue weighted by molar-refractivity contribution is 6.30. The van der Waals surface area contributed by atoms with Gasteiger partial charge >= 0.3 is 6.18 Å². The Labute approximate surface area is 186 Å². The van der Waals surface area contributed by atoms with Crippen LogP contribution in [-0.4, -0.2) is 55.0 Å². The van der Waals surface area contributed by atoms with E-state index in [1.807, 2.05) is 0 Å². The van der Waals surface area contributed by atoms with E-state index in [9.17, 15) is 18.0 Å². The summed E-state index contributed by atoms with van der Waals surface area (Å²) in [7, 11) is 0. The van der Waals surface area contributed by atoms with Gasteiger partial charge in [0.25, 0.3) is 0 Å². The Morgan fingerprint density at radius 3 is 2.58 bits per heavy atom. The van der Waals surface area contributed by atoms with E-state index in [2.05, 4.69) is 10.6 Å². The molecular weight excluding hydrogens is 429 g/mol. The first-order valence-electron chi connectivity index (χ1n) is 10.9. The molecule has 1 amide bonds. The molecular formula is C22H30ClF3N4O. The Balaban J connectivity index is 1.49. The molecule has 3 unspecified atom stereocenters. The number of carbonyl (C=O) groups is 1. The maximum absolute atomic E-state index is 13.0. The van der Waals surface area contributed by atoms with E-state index in [1.54, 1.807) is 29.2 Å². The van der Waals surface area contributed by atoms with Crippen molar-refractivity contribution in [2.45, 2.75) is 50.7 Å². The van der Waals surface area contributed by atoms with Crippen LogP contribution in [0.15, 0.2) is 24.3 Å². The summed E-state index contributed by atoms with van der Waals surface area (Å²) in [6.07, 6.45) is -0.991. The van der Waals surface area contributed by atoms with Crippen LogP contribution in [0.25, 0.3) is 0 Å². The van der Waals surface area contributed by atoms with Gasteiger partial charge in [-0.15, -0.1) is 0 Å². The van der Waals surface area contributed by atoms with Gasteiger partial charge in [-0.1, -0.05) is 30.2 Å². The molecule has 31 heavy (non-hydrogen) atoms. The zero-order valence-corrected chi connectivity index (χ0v) is 18.2. The highest BCUT2D eigenvalue weighted by Crippen LogP contribution is 2.39. The number of hydrogen-bond acceptors (Lipinski definition) is 4. The summed E-state index contributed by atoms with van der Waals surface area (Å²) in [5, 5.41) is 15.6. The van der Waals surface area contributed by atoms with Crippen molar-refractivity contribution in [2.75, 3.05) is 26.3 Å². The van der Waals surface area contributed by atoms with Crippen LogP contribution in [0.5, 0.6) is 0 Å². The fourth-order valence-corrected chi connectivity index (χ4v) is 4.66. The second-order valence-electron chi connectivity index (χ2n) is 8.48. The van der Waals surface area contributed by atoms with E-state index >= 15 is 0 Å². The summed E-state index contributed by atoms with van der Waals surface area (Å²) in [6.45, 7) is 1.96. The molecule has 2 fully saturated rings. The number of hydrogen-bond donors (Lipinski definition) is 3. The molecule has 0 aromatic heterocycles. The number of carbonyl (C=O) groups excluding carboxylic acids is 1. The molecule has 3 rings (SSSR count). The molecule has 5 nitrogen and oxygen atoms in total. The average Bonchev–Trinajstić information content (AvgIpc) is 3.16. The van der Waals surface area contributed by atoms with E-state index in [1.165, 1.54) is 0 Å². The smallest absolute Gasteiger partial charge is 0.333 e. The lowest BCUT2D eigenvalue weighted by Gasteiger charge is -2.31. The highest BCUT2D eigenvalue weighted by atomic mass is 35.5. The predicted molar refractivity (Wildman–Crippen MR) is 115 cm³/mol. The van der Waals surface area contributed by atoms with E-state index in [-0.39, 0.29) is 24.7 Å². The van der Waals surface area contributed by atoms with Gasteiger partial charge in [0.05, 0.1) is 17.7 Å². The van der Waals surface area contributed by atoms with Gasteiger partial charge in [-0.3, -0.25) is 4.79 Å². The van der Waals surface area contributed by atoms with Crippen LogP contribution < -0.4 is 10.6 Å². The van der Waals surface area contributed by atoms with Crippen LogP contribution >= 0.6 is 11.6 Å². The van der Waals surface area contributed by atoms with Crippen molar-refractivity contribution < 1.29 is 18.0 Å². The third kappa shape index (κ3) is 6.67. The van der Waals surface area contributed by atoms with Crippen molar-refractivity contribution in [3.05, 3.63) is 34.9 Å². The van der Waals surface area contributed by atoms with Gasteiger partial charge in [0.15, 0.2) is 0 Å². The largest absolute Gasteiger partial charge is 0.391 e. The lowest BCUT2D eigenvalue weighted by molar-refractivity contribution is -0.185. The van der Waals surface area contributed by atoms with E-state index < -0.39 is 18.1 Å². The summed E-state index contributed by atoms with van der Waals surface area (Å²) in [5.41, 5.74) is 1.06. The molecule has 0 radical (unpaired) electrons. The summed E-state index contributed by atoms with van der Waals surface area (Å²) >= 11 is 5.94. The molecule has 1 saturated heterocycles. The number of benzene rings is 1. The van der Waals surface area contributed by atoms with Crippen molar-refractivity contribution in [3.8, 4) is 0 Å². The number of alkyl halides is 3. The van der Waals surface area contributed by atoms with Crippen LogP contribution in [0.3, 0.4) is 0 Å². The van der Waals surface area contributed by atoms with Crippen molar-refractivity contribution in [1.29, 1.82) is 5.41 Å². The Bertz CT molecular complexity index is 756. The highest BCUT2D eigenvalue weighted by Gasteiger charge is 2.41. The second kappa shape index (κ2) is 10.8. The molecule has 3 N–H and O–H groups in total. The van der Waals surface area contributed by atoms with Gasteiger partial charge in [0, 0.05) is 31.2 Å². The SMILES string of the molecule is N=C(c1ccc(Cl)cc1)C(CNCNCC1CCCC(C(F)(F)F)C1)N1CCCC1=O. The van der Waals surface area contributed by atoms with Gasteiger partial charge in [-0.25, -0.2) is 0 Å². The number of amides is 1. The van der Waals surface area contributed by atoms with Gasteiger partial charge in [0.2, 0.25) is 5.91 Å². The van der Waals surface area contributed by atoms with E-state index in [0.717, 1.165) is 12.8 Å². The summed E-state index contributed by atoms with van der Waals surface area (Å²) < 4.78 is 38.9.